The summed E-state index contributed by atoms with van der Waals surface area (Å²) in [7, 11) is 0. The smallest absolute Gasteiger partial charge is 0.407 e. The molecule has 0 atom stereocenters. The van der Waals surface area contributed by atoms with E-state index >= 15 is 0 Å². The number of alkyl carbamates (subject to hydrolysis) is 1. The van der Waals surface area contributed by atoms with Gasteiger partial charge in [0, 0.05) is 18.2 Å². The molecule has 5 nitrogen and oxygen atoms in total. The van der Waals surface area contributed by atoms with E-state index in [1.54, 1.807) is 0 Å². The van der Waals surface area contributed by atoms with E-state index in [1.165, 1.54) is 0 Å². The molecule has 1 aliphatic rings. The first-order valence-electron chi connectivity index (χ1n) is 8.59. The highest BCUT2D eigenvalue weighted by Crippen LogP contribution is 2.27. The van der Waals surface area contributed by atoms with Crippen molar-refractivity contribution < 1.29 is 14.3 Å². The SMILES string of the molecule is CC(C)(C)OC(=O)NCc1ccc(-c2cccc(OC3CC3)n2)cc1. The van der Waals surface area contributed by atoms with Crippen molar-refractivity contribution >= 4 is 6.09 Å². The lowest BCUT2D eigenvalue weighted by Gasteiger charge is -2.19. The third-order valence-electron chi connectivity index (χ3n) is 3.62. The molecule has 1 aliphatic carbocycles. The van der Waals surface area contributed by atoms with Crippen LogP contribution in [-0.4, -0.2) is 22.8 Å². The van der Waals surface area contributed by atoms with Crippen LogP contribution in [0.15, 0.2) is 42.5 Å². The standard InChI is InChI=1S/C20H24N2O3/c1-20(2,3)25-19(23)21-13-14-7-9-15(10-8-14)17-5-4-6-18(22-17)24-16-11-12-16/h4-10,16H,11-13H2,1-3H3,(H,21,23). The number of nitrogens with zero attached hydrogens (tertiary/aromatic N) is 1. The first-order valence-corrected chi connectivity index (χ1v) is 8.59. The summed E-state index contributed by atoms with van der Waals surface area (Å²) in [5.74, 6) is 0.677. The number of ether oxygens (including phenoxy) is 2. The Morgan fingerprint density at radius 3 is 2.52 bits per heavy atom. The molecule has 1 saturated carbocycles. The molecule has 1 aromatic heterocycles. The molecule has 0 spiro atoms. The van der Waals surface area contributed by atoms with Gasteiger partial charge in [-0.2, -0.15) is 0 Å². The molecule has 1 amide bonds. The Hall–Kier alpha value is -2.56. The van der Waals surface area contributed by atoms with Crippen LogP contribution in [0.25, 0.3) is 11.3 Å². The van der Waals surface area contributed by atoms with Gasteiger partial charge in [0.2, 0.25) is 5.88 Å². The van der Waals surface area contributed by atoms with Gasteiger partial charge in [-0.1, -0.05) is 30.3 Å². The van der Waals surface area contributed by atoms with Crippen LogP contribution in [0.2, 0.25) is 0 Å². The van der Waals surface area contributed by atoms with Gasteiger partial charge in [-0.05, 0) is 45.2 Å². The summed E-state index contributed by atoms with van der Waals surface area (Å²) in [4.78, 5) is 16.2. The second kappa shape index (κ2) is 7.13. The van der Waals surface area contributed by atoms with Crippen molar-refractivity contribution in [3.63, 3.8) is 0 Å². The van der Waals surface area contributed by atoms with Crippen molar-refractivity contribution in [2.45, 2.75) is 51.9 Å². The monoisotopic (exact) mass is 340 g/mol. The number of rotatable bonds is 5. The van der Waals surface area contributed by atoms with Crippen molar-refractivity contribution in [1.82, 2.24) is 10.3 Å². The van der Waals surface area contributed by atoms with Crippen molar-refractivity contribution in [2.24, 2.45) is 0 Å². The molecule has 0 aliphatic heterocycles. The zero-order chi connectivity index (χ0) is 17.9. The summed E-state index contributed by atoms with van der Waals surface area (Å²) in [5, 5.41) is 2.76. The number of pyridine rings is 1. The fraction of sp³-hybridized carbons (Fsp3) is 0.400. The van der Waals surface area contributed by atoms with Crippen LogP contribution in [0.3, 0.4) is 0 Å². The number of hydrogen-bond donors (Lipinski definition) is 1. The average Bonchev–Trinajstić information content (AvgIpc) is 3.36. The molecule has 1 fully saturated rings. The molecule has 132 valence electrons. The van der Waals surface area contributed by atoms with Gasteiger partial charge in [0.1, 0.15) is 11.7 Å². The van der Waals surface area contributed by atoms with Gasteiger partial charge in [-0.3, -0.25) is 0 Å². The molecule has 25 heavy (non-hydrogen) atoms. The number of amides is 1. The Morgan fingerprint density at radius 2 is 1.88 bits per heavy atom. The van der Waals surface area contributed by atoms with E-state index in [2.05, 4.69) is 10.3 Å². The van der Waals surface area contributed by atoms with Crippen LogP contribution < -0.4 is 10.1 Å². The van der Waals surface area contributed by atoms with Gasteiger partial charge >= 0.3 is 6.09 Å². The first kappa shape index (κ1) is 17.3. The summed E-state index contributed by atoms with van der Waals surface area (Å²) in [6, 6.07) is 13.8. The number of hydrogen-bond acceptors (Lipinski definition) is 4. The number of aromatic nitrogens is 1. The van der Waals surface area contributed by atoms with Gasteiger partial charge in [0.25, 0.3) is 0 Å². The Labute approximate surface area is 148 Å². The van der Waals surface area contributed by atoms with E-state index in [4.69, 9.17) is 9.47 Å². The van der Waals surface area contributed by atoms with Crippen LogP contribution in [-0.2, 0) is 11.3 Å². The topological polar surface area (TPSA) is 60.5 Å². The summed E-state index contributed by atoms with van der Waals surface area (Å²) < 4.78 is 11.0. The van der Waals surface area contributed by atoms with Crippen LogP contribution in [0, 0.1) is 0 Å². The highest BCUT2D eigenvalue weighted by Gasteiger charge is 2.24. The maximum absolute atomic E-state index is 11.7. The van der Waals surface area contributed by atoms with Crippen molar-refractivity contribution in [3.8, 4) is 17.1 Å². The molecule has 0 saturated heterocycles. The molecular weight excluding hydrogens is 316 g/mol. The second-order valence-corrected chi connectivity index (χ2v) is 7.23. The van der Waals surface area contributed by atoms with Crippen molar-refractivity contribution in [2.75, 3.05) is 0 Å². The van der Waals surface area contributed by atoms with E-state index in [0.717, 1.165) is 29.7 Å². The lowest BCUT2D eigenvalue weighted by molar-refractivity contribution is 0.0523. The van der Waals surface area contributed by atoms with Crippen LogP contribution in [0.1, 0.15) is 39.2 Å². The number of carbonyl (C=O) groups excluding carboxylic acids is 1. The van der Waals surface area contributed by atoms with Crippen molar-refractivity contribution in [3.05, 3.63) is 48.0 Å². The zero-order valence-electron chi connectivity index (χ0n) is 14.9. The fourth-order valence-corrected chi connectivity index (χ4v) is 2.28. The van der Waals surface area contributed by atoms with E-state index < -0.39 is 11.7 Å². The minimum Gasteiger partial charge on any atom is -0.474 e. The summed E-state index contributed by atoms with van der Waals surface area (Å²) in [6.45, 7) is 5.95. The molecule has 3 rings (SSSR count). The first-order chi connectivity index (χ1) is 11.9. The van der Waals surface area contributed by atoms with E-state index in [1.807, 2.05) is 63.2 Å². The van der Waals surface area contributed by atoms with Gasteiger partial charge in [0.15, 0.2) is 0 Å². The molecule has 0 radical (unpaired) electrons. The predicted octanol–water partition coefficient (Wildman–Crippen LogP) is 4.31. The van der Waals surface area contributed by atoms with Crippen molar-refractivity contribution in [1.29, 1.82) is 0 Å². The molecular formula is C20H24N2O3. The van der Waals surface area contributed by atoms with Crippen LogP contribution in [0.4, 0.5) is 4.79 Å². The van der Waals surface area contributed by atoms with Crippen LogP contribution >= 0.6 is 0 Å². The maximum atomic E-state index is 11.7. The third-order valence-corrected chi connectivity index (χ3v) is 3.62. The molecule has 5 heteroatoms. The van der Waals surface area contributed by atoms with E-state index in [0.29, 0.717) is 18.5 Å². The lowest BCUT2D eigenvalue weighted by Crippen LogP contribution is -2.32. The third kappa shape index (κ3) is 5.48. The summed E-state index contributed by atoms with van der Waals surface area (Å²) in [5.41, 5.74) is 2.40. The second-order valence-electron chi connectivity index (χ2n) is 7.23. The molecule has 1 aromatic carbocycles. The molecule has 0 bridgehead atoms. The fourth-order valence-electron chi connectivity index (χ4n) is 2.28. The molecule has 1 heterocycles. The highest BCUT2D eigenvalue weighted by molar-refractivity contribution is 5.67. The normalized spacial score (nSPS) is 14.0. The predicted molar refractivity (Wildman–Crippen MR) is 96.4 cm³/mol. The van der Waals surface area contributed by atoms with Gasteiger partial charge in [-0.15, -0.1) is 0 Å². The van der Waals surface area contributed by atoms with Crippen LogP contribution in [0.5, 0.6) is 5.88 Å². The largest absolute Gasteiger partial charge is 0.474 e. The summed E-state index contributed by atoms with van der Waals surface area (Å²) >= 11 is 0. The molecule has 0 unspecified atom stereocenters. The van der Waals surface area contributed by atoms with Gasteiger partial charge < -0.3 is 14.8 Å². The zero-order valence-corrected chi connectivity index (χ0v) is 14.9. The number of carbonyl (C=O) groups is 1. The molecule has 1 N–H and O–H groups in total. The highest BCUT2D eigenvalue weighted by atomic mass is 16.6. The molecule has 2 aromatic rings. The van der Waals surface area contributed by atoms with E-state index in [-0.39, 0.29) is 0 Å². The Morgan fingerprint density at radius 1 is 1.16 bits per heavy atom. The Bertz CT molecular complexity index is 731. The maximum Gasteiger partial charge on any atom is 0.407 e. The Kier molecular flexibility index (Phi) is 4.93. The minimum atomic E-state index is -0.493. The van der Waals surface area contributed by atoms with Gasteiger partial charge in [-0.25, -0.2) is 9.78 Å². The number of nitrogens with one attached hydrogen (secondary N) is 1. The summed E-state index contributed by atoms with van der Waals surface area (Å²) in [6.07, 6.45) is 2.16. The minimum absolute atomic E-state index is 0.337. The average molecular weight is 340 g/mol. The Balaban J connectivity index is 1.59. The van der Waals surface area contributed by atoms with E-state index in [9.17, 15) is 4.79 Å². The quantitative estimate of drug-likeness (QED) is 0.881. The van der Waals surface area contributed by atoms with Gasteiger partial charge in [0.05, 0.1) is 5.69 Å². The number of benzene rings is 1. The lowest BCUT2D eigenvalue weighted by atomic mass is 10.1.